The second-order valence-corrected chi connectivity index (χ2v) is 5.02. The fourth-order valence-corrected chi connectivity index (χ4v) is 2.49. The number of methoxy groups -OCH3 is 1. The SMILES string of the molecule is CCNC(c1cnsn1)c1c(OC)cnn1C(C)C. The molecule has 0 aliphatic rings. The Morgan fingerprint density at radius 2 is 2.21 bits per heavy atom. The minimum absolute atomic E-state index is 0.0522. The lowest BCUT2D eigenvalue weighted by atomic mass is 10.1. The average molecular weight is 281 g/mol. The molecule has 104 valence electrons. The highest BCUT2D eigenvalue weighted by Crippen LogP contribution is 2.31. The topological polar surface area (TPSA) is 64.9 Å². The molecule has 0 aliphatic carbocycles. The summed E-state index contributed by atoms with van der Waals surface area (Å²) in [5.74, 6) is 0.771. The third-order valence-electron chi connectivity index (χ3n) is 2.86. The summed E-state index contributed by atoms with van der Waals surface area (Å²) in [6, 6.07) is 0.204. The van der Waals surface area contributed by atoms with E-state index in [0.717, 1.165) is 23.7 Å². The normalized spacial score (nSPS) is 12.9. The predicted molar refractivity (Wildman–Crippen MR) is 74.6 cm³/mol. The Morgan fingerprint density at radius 1 is 1.42 bits per heavy atom. The van der Waals surface area contributed by atoms with Gasteiger partial charge in [0.25, 0.3) is 0 Å². The molecule has 7 heteroatoms. The van der Waals surface area contributed by atoms with Crippen molar-refractivity contribution in [3.8, 4) is 5.75 Å². The third-order valence-corrected chi connectivity index (χ3v) is 3.36. The van der Waals surface area contributed by atoms with Gasteiger partial charge in [-0.2, -0.15) is 13.8 Å². The molecule has 0 saturated carbocycles. The van der Waals surface area contributed by atoms with Gasteiger partial charge in [-0.25, -0.2) is 0 Å². The van der Waals surface area contributed by atoms with E-state index in [9.17, 15) is 0 Å². The zero-order valence-corrected chi connectivity index (χ0v) is 12.4. The first-order valence-corrected chi connectivity index (χ1v) is 7.04. The van der Waals surface area contributed by atoms with Gasteiger partial charge >= 0.3 is 0 Å². The van der Waals surface area contributed by atoms with Crippen LogP contribution in [0.2, 0.25) is 0 Å². The van der Waals surface area contributed by atoms with Crippen LogP contribution in [0.25, 0.3) is 0 Å². The van der Waals surface area contributed by atoms with Crippen LogP contribution in [-0.2, 0) is 0 Å². The molecule has 2 aromatic rings. The molecule has 2 rings (SSSR count). The van der Waals surface area contributed by atoms with Gasteiger partial charge in [-0.05, 0) is 20.4 Å². The lowest BCUT2D eigenvalue weighted by molar-refractivity contribution is 0.393. The van der Waals surface area contributed by atoms with Crippen molar-refractivity contribution in [1.29, 1.82) is 0 Å². The van der Waals surface area contributed by atoms with E-state index in [0.29, 0.717) is 0 Å². The number of aromatic nitrogens is 4. The van der Waals surface area contributed by atoms with Crippen LogP contribution in [-0.4, -0.2) is 32.2 Å². The molecule has 0 saturated heterocycles. The molecule has 0 spiro atoms. The summed E-state index contributed by atoms with van der Waals surface area (Å²) in [5.41, 5.74) is 1.89. The summed E-state index contributed by atoms with van der Waals surface area (Å²) in [4.78, 5) is 0. The summed E-state index contributed by atoms with van der Waals surface area (Å²) in [6.45, 7) is 7.08. The number of nitrogens with one attached hydrogen (secondary N) is 1. The minimum Gasteiger partial charge on any atom is -0.493 e. The van der Waals surface area contributed by atoms with Crippen LogP contribution < -0.4 is 10.1 Å². The maximum Gasteiger partial charge on any atom is 0.162 e. The van der Waals surface area contributed by atoms with Crippen LogP contribution in [0.1, 0.15) is 44.2 Å². The highest BCUT2D eigenvalue weighted by atomic mass is 32.1. The van der Waals surface area contributed by atoms with Gasteiger partial charge < -0.3 is 10.1 Å². The van der Waals surface area contributed by atoms with Crippen molar-refractivity contribution in [2.75, 3.05) is 13.7 Å². The lowest BCUT2D eigenvalue weighted by Crippen LogP contribution is -2.26. The number of hydrogen-bond donors (Lipinski definition) is 1. The van der Waals surface area contributed by atoms with E-state index in [-0.39, 0.29) is 12.1 Å². The van der Waals surface area contributed by atoms with Crippen LogP contribution >= 0.6 is 11.7 Å². The molecule has 1 N–H and O–H groups in total. The zero-order chi connectivity index (χ0) is 13.8. The molecule has 0 radical (unpaired) electrons. The smallest absolute Gasteiger partial charge is 0.162 e. The molecular formula is C12H19N5OS. The number of ether oxygens (including phenoxy) is 1. The molecule has 0 amide bonds. The first-order valence-electron chi connectivity index (χ1n) is 6.31. The zero-order valence-electron chi connectivity index (χ0n) is 11.6. The molecule has 6 nitrogen and oxygen atoms in total. The first-order chi connectivity index (χ1) is 9.19. The Morgan fingerprint density at radius 3 is 2.74 bits per heavy atom. The van der Waals surface area contributed by atoms with Crippen molar-refractivity contribution in [1.82, 2.24) is 23.8 Å². The summed E-state index contributed by atoms with van der Waals surface area (Å²) in [5, 5.41) is 7.83. The Kier molecular flexibility index (Phi) is 4.49. The van der Waals surface area contributed by atoms with Crippen molar-refractivity contribution >= 4 is 11.7 Å². The maximum atomic E-state index is 5.43. The van der Waals surface area contributed by atoms with Gasteiger partial charge in [0.15, 0.2) is 5.75 Å². The number of nitrogens with zero attached hydrogens (tertiary/aromatic N) is 4. The fourth-order valence-electron chi connectivity index (χ4n) is 2.04. The van der Waals surface area contributed by atoms with Gasteiger partial charge in [0.1, 0.15) is 5.69 Å². The molecule has 1 unspecified atom stereocenters. The van der Waals surface area contributed by atoms with Crippen molar-refractivity contribution in [3.63, 3.8) is 0 Å². The van der Waals surface area contributed by atoms with E-state index in [1.54, 1.807) is 19.5 Å². The second-order valence-electron chi connectivity index (χ2n) is 4.46. The third kappa shape index (κ3) is 2.76. The van der Waals surface area contributed by atoms with Crippen LogP contribution in [0, 0.1) is 0 Å². The Hall–Kier alpha value is -1.47. The molecule has 1 atom stereocenters. The standard InChI is InChI=1S/C12H19N5OS/c1-5-13-11(9-6-15-19-16-9)12-10(18-4)7-14-17(12)8(2)3/h6-8,11,13H,5H2,1-4H3. The van der Waals surface area contributed by atoms with Gasteiger partial charge in [-0.1, -0.05) is 6.92 Å². The number of hydrogen-bond acceptors (Lipinski definition) is 6. The fraction of sp³-hybridized carbons (Fsp3) is 0.583. The second kappa shape index (κ2) is 6.12. The van der Waals surface area contributed by atoms with Crippen LogP contribution in [0.3, 0.4) is 0 Å². The van der Waals surface area contributed by atoms with Crippen molar-refractivity contribution in [2.45, 2.75) is 32.9 Å². The van der Waals surface area contributed by atoms with Crippen molar-refractivity contribution in [3.05, 3.63) is 23.8 Å². The predicted octanol–water partition coefficient (Wildman–Crippen LogP) is 2.02. The largest absolute Gasteiger partial charge is 0.493 e. The maximum absolute atomic E-state index is 5.43. The van der Waals surface area contributed by atoms with Gasteiger partial charge in [0.05, 0.1) is 43.0 Å². The van der Waals surface area contributed by atoms with E-state index >= 15 is 0 Å². The van der Waals surface area contributed by atoms with E-state index in [2.05, 4.69) is 39.9 Å². The summed E-state index contributed by atoms with van der Waals surface area (Å²) in [7, 11) is 1.66. The van der Waals surface area contributed by atoms with Crippen LogP contribution in [0.4, 0.5) is 0 Å². The summed E-state index contributed by atoms with van der Waals surface area (Å²) in [6.07, 6.45) is 3.54. The highest BCUT2D eigenvalue weighted by Gasteiger charge is 2.25. The van der Waals surface area contributed by atoms with Crippen LogP contribution in [0.5, 0.6) is 5.75 Å². The molecule has 0 fully saturated rings. The van der Waals surface area contributed by atoms with E-state index < -0.39 is 0 Å². The average Bonchev–Trinajstić information content (AvgIpc) is 3.04. The molecule has 2 aromatic heterocycles. The molecular weight excluding hydrogens is 262 g/mol. The van der Waals surface area contributed by atoms with Gasteiger partial charge in [0, 0.05) is 6.04 Å². The monoisotopic (exact) mass is 281 g/mol. The Bertz CT molecular complexity index is 508. The van der Waals surface area contributed by atoms with Crippen molar-refractivity contribution < 1.29 is 4.74 Å². The summed E-state index contributed by atoms with van der Waals surface area (Å²) >= 11 is 1.21. The van der Waals surface area contributed by atoms with Gasteiger partial charge in [-0.15, -0.1) is 0 Å². The molecule has 2 heterocycles. The van der Waals surface area contributed by atoms with E-state index in [1.165, 1.54) is 11.7 Å². The lowest BCUT2D eigenvalue weighted by Gasteiger charge is -2.20. The van der Waals surface area contributed by atoms with Gasteiger partial charge in [-0.3, -0.25) is 4.68 Å². The molecule has 0 aromatic carbocycles. The highest BCUT2D eigenvalue weighted by molar-refractivity contribution is 6.99. The number of rotatable bonds is 6. The summed E-state index contributed by atoms with van der Waals surface area (Å²) < 4.78 is 15.8. The van der Waals surface area contributed by atoms with Crippen LogP contribution in [0.15, 0.2) is 12.4 Å². The molecule has 19 heavy (non-hydrogen) atoms. The Balaban J connectivity index is 2.49. The first kappa shape index (κ1) is 14.0. The van der Waals surface area contributed by atoms with Crippen molar-refractivity contribution in [2.24, 2.45) is 0 Å². The Labute approximate surface area is 117 Å². The molecule has 0 aliphatic heterocycles. The quantitative estimate of drug-likeness (QED) is 0.877. The van der Waals surface area contributed by atoms with E-state index in [1.807, 2.05) is 4.68 Å². The van der Waals surface area contributed by atoms with Gasteiger partial charge in [0.2, 0.25) is 0 Å². The molecule has 0 bridgehead atoms. The minimum atomic E-state index is -0.0522. The van der Waals surface area contributed by atoms with E-state index in [4.69, 9.17) is 4.74 Å².